The number of fused-ring (bicyclic) bond motifs is 1. The minimum Gasteiger partial charge on any atom is -0.482 e. The lowest BCUT2D eigenvalue weighted by Gasteiger charge is -2.17. The van der Waals surface area contributed by atoms with E-state index in [0.717, 1.165) is 16.5 Å². The smallest absolute Gasteiger partial charge is 0.247 e. The molecule has 0 aliphatic rings. The van der Waals surface area contributed by atoms with Gasteiger partial charge in [-0.3, -0.25) is 4.79 Å². The highest BCUT2D eigenvalue weighted by Gasteiger charge is 2.18. The van der Waals surface area contributed by atoms with E-state index in [2.05, 4.69) is 0 Å². The van der Waals surface area contributed by atoms with Gasteiger partial charge >= 0.3 is 0 Å². The number of carbonyl (C=O) groups excluding carboxylic acids is 1. The Morgan fingerprint density at radius 2 is 1.71 bits per heavy atom. The van der Waals surface area contributed by atoms with Crippen LogP contribution in [-0.2, 0) is 4.79 Å². The van der Waals surface area contributed by atoms with Crippen molar-refractivity contribution in [3.8, 4) is 5.75 Å². The van der Waals surface area contributed by atoms with Crippen LogP contribution in [0.4, 0.5) is 0 Å². The summed E-state index contributed by atoms with van der Waals surface area (Å²) in [5, 5.41) is 1.54. The van der Waals surface area contributed by atoms with E-state index >= 15 is 0 Å². The summed E-state index contributed by atoms with van der Waals surface area (Å²) in [6.07, 6.45) is 1.50. The number of likely N-dealkylation sites (N-methyl/N-ethyl adjacent to an activating group) is 1. The van der Waals surface area contributed by atoms with E-state index in [-0.39, 0.29) is 12.0 Å². The highest BCUT2D eigenvalue weighted by molar-refractivity contribution is 6.30. The van der Waals surface area contributed by atoms with Crippen molar-refractivity contribution >= 4 is 34.1 Å². The van der Waals surface area contributed by atoms with Gasteiger partial charge in [-0.15, -0.1) is 0 Å². The van der Waals surface area contributed by atoms with E-state index in [0.29, 0.717) is 40.8 Å². The van der Waals surface area contributed by atoms with Gasteiger partial charge in [-0.2, -0.15) is 0 Å². The lowest BCUT2D eigenvalue weighted by atomic mass is 10.0. The maximum absolute atomic E-state index is 13.0. The molecule has 0 saturated heterocycles. The van der Waals surface area contributed by atoms with Crippen LogP contribution in [0, 0.1) is 0 Å². The third kappa shape index (κ3) is 5.18. The maximum atomic E-state index is 13.0. The molecule has 5 heteroatoms. The predicted octanol–water partition coefficient (Wildman–Crippen LogP) is 7.53. The van der Waals surface area contributed by atoms with Crippen LogP contribution in [0.1, 0.15) is 43.8 Å². The fourth-order valence-corrected chi connectivity index (χ4v) is 4.05. The fourth-order valence-electron chi connectivity index (χ4n) is 3.92. The molecule has 1 unspecified atom stereocenters. The standard InChI is InChI=1S/C29H28ClNO3/c1-4-31(5-2)28(32)19-25(22-14-16-24(30)17-15-22)27-18-23-12-9-13-26(29(23)34-27)33-20(3)21-10-7-6-8-11-21/h6-20H,4-5H2,1-3H3/b25-19-. The number of nitrogens with zero attached hydrogens (tertiary/aromatic N) is 1. The third-order valence-electron chi connectivity index (χ3n) is 5.84. The zero-order valence-electron chi connectivity index (χ0n) is 19.6. The molecule has 0 spiro atoms. The van der Waals surface area contributed by atoms with Gasteiger partial charge in [-0.25, -0.2) is 0 Å². The van der Waals surface area contributed by atoms with Crippen LogP contribution in [0.3, 0.4) is 0 Å². The van der Waals surface area contributed by atoms with Gasteiger partial charge in [0.15, 0.2) is 11.3 Å². The van der Waals surface area contributed by atoms with E-state index in [1.165, 1.54) is 0 Å². The van der Waals surface area contributed by atoms with Crippen LogP contribution < -0.4 is 4.74 Å². The van der Waals surface area contributed by atoms with Crippen LogP contribution in [0.2, 0.25) is 5.02 Å². The van der Waals surface area contributed by atoms with Crippen molar-refractivity contribution in [3.63, 3.8) is 0 Å². The Morgan fingerprint density at radius 3 is 2.38 bits per heavy atom. The van der Waals surface area contributed by atoms with Gasteiger partial charge in [0, 0.05) is 35.1 Å². The largest absolute Gasteiger partial charge is 0.482 e. The molecule has 1 aromatic heterocycles. The zero-order chi connectivity index (χ0) is 24.1. The first-order valence-electron chi connectivity index (χ1n) is 11.5. The monoisotopic (exact) mass is 473 g/mol. The SMILES string of the molecule is CCN(CC)C(=O)/C=C(/c1ccc(Cl)cc1)c1cc2cccc(OC(C)c3ccccc3)c2o1. The van der Waals surface area contributed by atoms with E-state index < -0.39 is 0 Å². The number of rotatable bonds is 8. The Bertz CT molecular complexity index is 1290. The molecule has 0 bridgehead atoms. The summed E-state index contributed by atoms with van der Waals surface area (Å²) in [7, 11) is 0. The number of furan rings is 1. The van der Waals surface area contributed by atoms with Gasteiger partial charge < -0.3 is 14.1 Å². The molecule has 4 aromatic rings. The normalized spacial score (nSPS) is 12.5. The number of halogens is 1. The fraction of sp³-hybridized carbons (Fsp3) is 0.207. The van der Waals surface area contributed by atoms with Gasteiger partial charge in [-0.05, 0) is 56.2 Å². The van der Waals surface area contributed by atoms with Crippen LogP contribution in [0.15, 0.2) is 89.4 Å². The Hall–Kier alpha value is -3.50. The minimum absolute atomic E-state index is 0.0652. The molecule has 0 radical (unpaired) electrons. The number of carbonyl (C=O) groups is 1. The summed E-state index contributed by atoms with van der Waals surface area (Å²) in [6, 6.07) is 25.3. The molecule has 4 rings (SSSR count). The van der Waals surface area contributed by atoms with E-state index in [1.54, 1.807) is 11.0 Å². The van der Waals surface area contributed by atoms with Crippen LogP contribution in [0.5, 0.6) is 5.75 Å². The lowest BCUT2D eigenvalue weighted by molar-refractivity contribution is -0.125. The minimum atomic E-state index is -0.143. The van der Waals surface area contributed by atoms with E-state index in [1.807, 2.05) is 99.6 Å². The average Bonchev–Trinajstić information content (AvgIpc) is 3.29. The first-order valence-corrected chi connectivity index (χ1v) is 11.9. The number of amides is 1. The predicted molar refractivity (Wildman–Crippen MR) is 138 cm³/mol. The number of hydrogen-bond donors (Lipinski definition) is 0. The average molecular weight is 474 g/mol. The lowest BCUT2D eigenvalue weighted by Crippen LogP contribution is -2.29. The quantitative estimate of drug-likeness (QED) is 0.248. The number of para-hydroxylation sites is 1. The molecule has 0 fully saturated rings. The number of hydrogen-bond acceptors (Lipinski definition) is 3. The molecule has 0 saturated carbocycles. The van der Waals surface area contributed by atoms with Crippen molar-refractivity contribution in [2.75, 3.05) is 13.1 Å². The molecule has 0 N–H and O–H groups in total. The molecule has 174 valence electrons. The van der Waals surface area contributed by atoms with Crippen LogP contribution in [0.25, 0.3) is 16.5 Å². The second kappa shape index (κ2) is 10.6. The van der Waals surface area contributed by atoms with Crippen LogP contribution in [-0.4, -0.2) is 23.9 Å². The maximum Gasteiger partial charge on any atom is 0.247 e. The summed E-state index contributed by atoms with van der Waals surface area (Å²) in [5.74, 6) is 1.19. The summed E-state index contributed by atoms with van der Waals surface area (Å²) in [6.45, 7) is 7.22. The topological polar surface area (TPSA) is 42.7 Å². The van der Waals surface area contributed by atoms with E-state index in [4.69, 9.17) is 20.8 Å². The van der Waals surface area contributed by atoms with Gasteiger partial charge in [0.2, 0.25) is 5.91 Å². The van der Waals surface area contributed by atoms with Crippen LogP contribution >= 0.6 is 11.6 Å². The summed E-state index contributed by atoms with van der Waals surface area (Å²) in [4.78, 5) is 14.7. The highest BCUT2D eigenvalue weighted by atomic mass is 35.5. The Balaban J connectivity index is 1.76. The van der Waals surface area contributed by atoms with Crippen molar-refractivity contribution in [2.45, 2.75) is 26.9 Å². The van der Waals surface area contributed by atoms with Gasteiger partial charge in [0.25, 0.3) is 0 Å². The first-order chi connectivity index (χ1) is 16.5. The van der Waals surface area contributed by atoms with E-state index in [9.17, 15) is 4.79 Å². The molecule has 3 aromatic carbocycles. The van der Waals surface area contributed by atoms with Crippen molar-refractivity contribution in [3.05, 3.63) is 107 Å². The zero-order valence-corrected chi connectivity index (χ0v) is 20.4. The Kier molecular flexibility index (Phi) is 7.39. The second-order valence-corrected chi connectivity index (χ2v) is 8.47. The third-order valence-corrected chi connectivity index (χ3v) is 6.10. The highest BCUT2D eigenvalue weighted by Crippen LogP contribution is 2.36. The molecular formula is C29H28ClNO3. The summed E-state index contributed by atoms with van der Waals surface area (Å²) >= 11 is 6.11. The molecule has 0 aliphatic carbocycles. The molecule has 1 atom stereocenters. The summed E-state index contributed by atoms with van der Waals surface area (Å²) in [5.41, 5.74) is 3.28. The molecule has 0 aliphatic heterocycles. The van der Waals surface area contributed by atoms with Crippen molar-refractivity contribution in [2.24, 2.45) is 0 Å². The van der Waals surface area contributed by atoms with Crippen molar-refractivity contribution in [1.82, 2.24) is 4.90 Å². The molecular weight excluding hydrogens is 446 g/mol. The number of benzene rings is 3. The molecule has 4 nitrogen and oxygen atoms in total. The van der Waals surface area contributed by atoms with Crippen molar-refractivity contribution in [1.29, 1.82) is 0 Å². The first kappa shape index (κ1) is 23.7. The van der Waals surface area contributed by atoms with Crippen molar-refractivity contribution < 1.29 is 13.9 Å². The molecule has 34 heavy (non-hydrogen) atoms. The van der Waals surface area contributed by atoms with Gasteiger partial charge in [0.05, 0.1) is 0 Å². The summed E-state index contributed by atoms with van der Waals surface area (Å²) < 4.78 is 12.6. The second-order valence-electron chi connectivity index (χ2n) is 8.03. The Morgan fingerprint density at radius 1 is 1.00 bits per heavy atom. The molecule has 1 heterocycles. The number of ether oxygens (including phenoxy) is 1. The Labute approximate surface area is 205 Å². The van der Waals surface area contributed by atoms with Gasteiger partial charge in [-0.1, -0.05) is 66.2 Å². The van der Waals surface area contributed by atoms with Gasteiger partial charge in [0.1, 0.15) is 11.9 Å². The molecule has 1 amide bonds.